The van der Waals surface area contributed by atoms with Crippen LogP contribution in [0.5, 0.6) is 0 Å². The number of benzene rings is 1. The molecule has 0 fully saturated rings. The number of thiophene rings is 1. The van der Waals surface area contributed by atoms with Crippen molar-refractivity contribution in [2.45, 2.75) is 39.8 Å². The first-order chi connectivity index (χ1) is 9.54. The van der Waals surface area contributed by atoms with Crippen LogP contribution in [0, 0.1) is 5.92 Å². The maximum absolute atomic E-state index is 3.57. The van der Waals surface area contributed by atoms with Crippen molar-refractivity contribution < 1.29 is 0 Å². The molecule has 108 valence electrons. The molecule has 1 unspecified atom stereocenters. The van der Waals surface area contributed by atoms with E-state index in [-0.39, 0.29) is 0 Å². The van der Waals surface area contributed by atoms with Gasteiger partial charge in [0.2, 0.25) is 0 Å². The second-order valence-corrected chi connectivity index (χ2v) is 7.99. The third-order valence-corrected chi connectivity index (χ3v) is 4.91. The summed E-state index contributed by atoms with van der Waals surface area (Å²) < 4.78 is 1.19. The van der Waals surface area contributed by atoms with E-state index in [0.717, 1.165) is 13.0 Å². The summed E-state index contributed by atoms with van der Waals surface area (Å²) in [7, 11) is 0. The number of nitrogens with one attached hydrogen (secondary N) is 1. The molecule has 0 aliphatic heterocycles. The van der Waals surface area contributed by atoms with Crippen LogP contribution in [0.4, 0.5) is 0 Å². The van der Waals surface area contributed by atoms with Crippen LogP contribution < -0.4 is 5.32 Å². The van der Waals surface area contributed by atoms with Crippen molar-refractivity contribution in [3.8, 4) is 0 Å². The third-order valence-electron chi connectivity index (χ3n) is 3.36. The summed E-state index contributed by atoms with van der Waals surface area (Å²) >= 11 is 5.24. The monoisotopic (exact) mass is 351 g/mol. The fourth-order valence-corrected chi connectivity index (χ4v) is 3.45. The Morgan fingerprint density at radius 3 is 2.35 bits per heavy atom. The summed E-state index contributed by atoms with van der Waals surface area (Å²) in [4.78, 5) is 0. The van der Waals surface area contributed by atoms with E-state index in [0.29, 0.717) is 12.0 Å². The zero-order valence-corrected chi connectivity index (χ0v) is 14.7. The normalized spacial score (nSPS) is 12.8. The summed E-state index contributed by atoms with van der Waals surface area (Å²) in [6.07, 6.45) is 1.16. The fourth-order valence-electron chi connectivity index (χ4n) is 2.24. The lowest BCUT2D eigenvalue weighted by molar-refractivity contribution is 0.575. The molecule has 0 radical (unpaired) electrons. The average Bonchev–Trinajstić information content (AvgIpc) is 2.82. The molecule has 2 rings (SSSR count). The van der Waals surface area contributed by atoms with Gasteiger partial charge in [-0.1, -0.05) is 38.1 Å². The topological polar surface area (TPSA) is 12.0 Å². The van der Waals surface area contributed by atoms with Crippen LogP contribution in [-0.2, 0) is 13.0 Å². The lowest BCUT2D eigenvalue weighted by atomic mass is 10.00. The van der Waals surface area contributed by atoms with Crippen LogP contribution in [0.1, 0.15) is 43.5 Å². The SMILES string of the molecule is CC(C)Cc1ccc(C(C)NCc2csc(Br)c2)cc1. The lowest BCUT2D eigenvalue weighted by Crippen LogP contribution is -2.17. The highest BCUT2D eigenvalue weighted by Crippen LogP contribution is 2.21. The lowest BCUT2D eigenvalue weighted by Gasteiger charge is -2.14. The van der Waals surface area contributed by atoms with Crippen LogP contribution >= 0.6 is 27.3 Å². The zero-order chi connectivity index (χ0) is 14.5. The minimum Gasteiger partial charge on any atom is -0.306 e. The molecule has 1 N–H and O–H groups in total. The highest BCUT2D eigenvalue weighted by molar-refractivity contribution is 9.11. The molecular weight excluding hydrogens is 330 g/mol. The summed E-state index contributed by atoms with van der Waals surface area (Å²) in [5.74, 6) is 0.716. The van der Waals surface area contributed by atoms with E-state index in [1.165, 1.54) is 20.5 Å². The Morgan fingerprint density at radius 1 is 1.10 bits per heavy atom. The molecule has 0 aliphatic rings. The largest absolute Gasteiger partial charge is 0.306 e. The first kappa shape index (κ1) is 15.7. The Labute approximate surface area is 134 Å². The van der Waals surface area contributed by atoms with Crippen molar-refractivity contribution in [2.75, 3.05) is 0 Å². The fraction of sp³-hybridized carbons (Fsp3) is 0.412. The summed E-state index contributed by atoms with van der Waals surface area (Å²) in [6, 6.07) is 11.6. The molecule has 1 nitrogen and oxygen atoms in total. The molecule has 1 aromatic heterocycles. The quantitative estimate of drug-likeness (QED) is 0.718. The predicted molar refractivity (Wildman–Crippen MR) is 92.3 cm³/mol. The van der Waals surface area contributed by atoms with E-state index in [9.17, 15) is 0 Å². The summed E-state index contributed by atoms with van der Waals surface area (Å²) in [6.45, 7) is 7.66. The molecule has 0 spiro atoms. The minimum atomic E-state index is 0.377. The Kier molecular flexibility index (Phi) is 5.82. The first-order valence-electron chi connectivity index (χ1n) is 7.09. The average molecular weight is 352 g/mol. The van der Waals surface area contributed by atoms with E-state index < -0.39 is 0 Å². The van der Waals surface area contributed by atoms with Gasteiger partial charge in [-0.15, -0.1) is 11.3 Å². The molecule has 0 saturated heterocycles. The standard InChI is InChI=1S/C17H22BrNS/c1-12(2)8-14-4-6-16(7-5-14)13(3)19-10-15-9-17(18)20-11-15/h4-7,9,11-13,19H,8,10H2,1-3H3. The van der Waals surface area contributed by atoms with Gasteiger partial charge >= 0.3 is 0 Å². The van der Waals surface area contributed by atoms with Crippen molar-refractivity contribution in [3.05, 3.63) is 56.2 Å². The number of hydrogen-bond acceptors (Lipinski definition) is 2. The van der Waals surface area contributed by atoms with Gasteiger partial charge in [-0.3, -0.25) is 0 Å². The Balaban J connectivity index is 1.90. The molecule has 0 amide bonds. The van der Waals surface area contributed by atoms with Gasteiger partial charge in [0.1, 0.15) is 0 Å². The molecule has 1 atom stereocenters. The summed E-state index contributed by atoms with van der Waals surface area (Å²) in [5.41, 5.74) is 4.12. The van der Waals surface area contributed by atoms with Gasteiger partial charge in [-0.05, 0) is 63.3 Å². The van der Waals surface area contributed by atoms with Crippen molar-refractivity contribution in [1.82, 2.24) is 5.32 Å². The van der Waals surface area contributed by atoms with Crippen molar-refractivity contribution in [3.63, 3.8) is 0 Å². The Hall–Kier alpha value is -0.640. The molecule has 2 aromatic rings. The molecular formula is C17H22BrNS. The van der Waals surface area contributed by atoms with Crippen molar-refractivity contribution in [1.29, 1.82) is 0 Å². The van der Waals surface area contributed by atoms with Gasteiger partial charge in [0, 0.05) is 12.6 Å². The van der Waals surface area contributed by atoms with Crippen LogP contribution in [0.25, 0.3) is 0 Å². The van der Waals surface area contributed by atoms with Gasteiger partial charge in [-0.2, -0.15) is 0 Å². The highest BCUT2D eigenvalue weighted by atomic mass is 79.9. The molecule has 1 heterocycles. The van der Waals surface area contributed by atoms with Gasteiger partial charge < -0.3 is 5.32 Å². The van der Waals surface area contributed by atoms with E-state index in [1.807, 2.05) is 0 Å². The van der Waals surface area contributed by atoms with E-state index in [1.54, 1.807) is 11.3 Å². The second-order valence-electron chi connectivity index (χ2n) is 5.70. The maximum Gasteiger partial charge on any atom is 0.0701 e. The van der Waals surface area contributed by atoms with Crippen LogP contribution in [0.15, 0.2) is 39.5 Å². The van der Waals surface area contributed by atoms with E-state index >= 15 is 0 Å². The van der Waals surface area contributed by atoms with Crippen LogP contribution in [0.2, 0.25) is 0 Å². The first-order valence-corrected chi connectivity index (χ1v) is 8.77. The van der Waals surface area contributed by atoms with Crippen molar-refractivity contribution in [2.24, 2.45) is 5.92 Å². The third kappa shape index (κ3) is 4.72. The maximum atomic E-state index is 3.57. The van der Waals surface area contributed by atoms with Gasteiger partial charge in [-0.25, -0.2) is 0 Å². The van der Waals surface area contributed by atoms with Gasteiger partial charge in [0.25, 0.3) is 0 Å². The Morgan fingerprint density at radius 2 is 1.80 bits per heavy atom. The molecule has 1 aromatic carbocycles. The minimum absolute atomic E-state index is 0.377. The van der Waals surface area contributed by atoms with Gasteiger partial charge in [0.15, 0.2) is 0 Å². The Bertz CT molecular complexity index is 530. The molecule has 0 aliphatic carbocycles. The smallest absolute Gasteiger partial charge is 0.0701 e. The van der Waals surface area contributed by atoms with Crippen LogP contribution in [0.3, 0.4) is 0 Å². The molecule has 20 heavy (non-hydrogen) atoms. The molecule has 3 heteroatoms. The van der Waals surface area contributed by atoms with E-state index in [2.05, 4.69) is 77.7 Å². The molecule has 0 bridgehead atoms. The van der Waals surface area contributed by atoms with Crippen LogP contribution in [-0.4, -0.2) is 0 Å². The number of hydrogen-bond donors (Lipinski definition) is 1. The van der Waals surface area contributed by atoms with Crippen molar-refractivity contribution >= 4 is 27.3 Å². The van der Waals surface area contributed by atoms with Gasteiger partial charge in [0.05, 0.1) is 3.79 Å². The highest BCUT2D eigenvalue weighted by Gasteiger charge is 2.06. The zero-order valence-electron chi connectivity index (χ0n) is 12.3. The summed E-state index contributed by atoms with van der Waals surface area (Å²) in [5, 5.41) is 5.76. The number of rotatable bonds is 6. The second kappa shape index (κ2) is 7.39. The predicted octanol–water partition coefficient (Wildman–Crippen LogP) is 5.56. The number of halogens is 1. The molecule has 0 saturated carbocycles. The van der Waals surface area contributed by atoms with E-state index in [4.69, 9.17) is 0 Å².